The van der Waals surface area contributed by atoms with Crippen LogP contribution in [0, 0.1) is 11.8 Å². The molecule has 0 bridgehead atoms. The van der Waals surface area contributed by atoms with Crippen molar-refractivity contribution < 1.29 is 18.3 Å². The number of sulfonamides is 1. The summed E-state index contributed by atoms with van der Waals surface area (Å²) in [5.41, 5.74) is 0. The Morgan fingerprint density at radius 1 is 1.55 bits per heavy atom. The minimum atomic E-state index is -3.46. The fraction of sp³-hybridized carbons (Fsp3) is 0.583. The molecular weight excluding hydrogens is 300 g/mol. The van der Waals surface area contributed by atoms with Gasteiger partial charge in [-0.1, -0.05) is 23.2 Å². The van der Waals surface area contributed by atoms with E-state index in [1.54, 1.807) is 0 Å². The van der Waals surface area contributed by atoms with Gasteiger partial charge in [-0.05, 0) is 13.8 Å². The number of aromatic nitrogens is 1. The molecule has 0 aromatic carbocycles. The van der Waals surface area contributed by atoms with Crippen LogP contribution in [0.5, 0.6) is 0 Å². The van der Waals surface area contributed by atoms with E-state index in [1.165, 1.54) is 6.20 Å². The normalized spacial score (nSPS) is 11.2. The van der Waals surface area contributed by atoms with E-state index in [-0.39, 0.29) is 30.2 Å². The maximum atomic E-state index is 11.8. The van der Waals surface area contributed by atoms with Gasteiger partial charge in [-0.25, -0.2) is 13.4 Å². The van der Waals surface area contributed by atoms with E-state index in [1.807, 2.05) is 13.8 Å². The van der Waals surface area contributed by atoms with Gasteiger partial charge < -0.3 is 9.84 Å². The van der Waals surface area contributed by atoms with Crippen LogP contribution in [-0.2, 0) is 14.8 Å². The zero-order valence-corrected chi connectivity index (χ0v) is 13.1. The summed E-state index contributed by atoms with van der Waals surface area (Å²) in [6.07, 6.45) is 1.88. The Morgan fingerprint density at radius 2 is 2.30 bits per heavy atom. The van der Waals surface area contributed by atoms with E-state index >= 15 is 0 Å². The molecule has 112 valence electrons. The van der Waals surface area contributed by atoms with Crippen molar-refractivity contribution in [2.45, 2.75) is 26.4 Å². The molecule has 0 atom stereocenters. The van der Waals surface area contributed by atoms with Crippen LogP contribution in [0.25, 0.3) is 0 Å². The first-order valence-electron chi connectivity index (χ1n) is 6.10. The highest BCUT2D eigenvalue weighted by molar-refractivity contribution is 7.92. The summed E-state index contributed by atoms with van der Waals surface area (Å²) >= 11 is 1.15. The van der Waals surface area contributed by atoms with Crippen LogP contribution >= 0.6 is 11.3 Å². The first-order chi connectivity index (χ1) is 9.43. The van der Waals surface area contributed by atoms with Crippen LogP contribution in [0.1, 0.15) is 25.1 Å². The highest BCUT2D eigenvalue weighted by Gasteiger charge is 2.13. The van der Waals surface area contributed by atoms with Crippen molar-refractivity contribution in [3.8, 4) is 11.8 Å². The summed E-state index contributed by atoms with van der Waals surface area (Å²) in [4.78, 5) is 4.59. The number of thiazole rings is 1. The number of ether oxygens (including phenoxy) is 1. The number of aliphatic hydroxyl groups is 1. The minimum Gasteiger partial charge on any atom is -0.395 e. The fourth-order valence-corrected chi connectivity index (χ4v) is 2.99. The monoisotopic (exact) mass is 318 g/mol. The maximum absolute atomic E-state index is 11.8. The van der Waals surface area contributed by atoms with E-state index < -0.39 is 10.0 Å². The molecule has 0 saturated carbocycles. The van der Waals surface area contributed by atoms with Crippen molar-refractivity contribution in [2.24, 2.45) is 0 Å². The Hall–Kier alpha value is -1.14. The van der Waals surface area contributed by atoms with E-state index in [0.717, 1.165) is 11.3 Å². The number of hydrogen-bond acceptors (Lipinski definition) is 6. The molecule has 2 N–H and O–H groups in total. The Labute approximate surface area is 123 Å². The summed E-state index contributed by atoms with van der Waals surface area (Å²) < 4.78 is 31.1. The predicted molar refractivity (Wildman–Crippen MR) is 79.2 cm³/mol. The van der Waals surface area contributed by atoms with Crippen LogP contribution in [0.3, 0.4) is 0 Å². The number of rotatable bonds is 7. The van der Waals surface area contributed by atoms with Crippen LogP contribution < -0.4 is 4.72 Å². The van der Waals surface area contributed by atoms with E-state index in [2.05, 4.69) is 21.5 Å². The second kappa shape index (κ2) is 8.21. The zero-order valence-electron chi connectivity index (χ0n) is 11.4. The van der Waals surface area contributed by atoms with Gasteiger partial charge in [0.05, 0.1) is 36.1 Å². The number of nitrogens with one attached hydrogen (secondary N) is 1. The maximum Gasteiger partial charge on any atom is 0.236 e. The van der Waals surface area contributed by atoms with Gasteiger partial charge in [0, 0.05) is 6.42 Å². The topological polar surface area (TPSA) is 88.5 Å². The summed E-state index contributed by atoms with van der Waals surface area (Å²) in [7, 11) is -3.46. The first-order valence-corrected chi connectivity index (χ1v) is 8.57. The molecule has 1 aromatic heterocycles. The second-order valence-corrected chi connectivity index (χ2v) is 7.02. The lowest BCUT2D eigenvalue weighted by Crippen LogP contribution is -2.21. The van der Waals surface area contributed by atoms with Crippen molar-refractivity contribution in [3.63, 3.8) is 0 Å². The molecule has 1 heterocycles. The lowest BCUT2D eigenvalue weighted by atomic mass is 10.4. The first kappa shape index (κ1) is 16.9. The Balaban J connectivity index is 2.54. The number of hydrogen-bond donors (Lipinski definition) is 2. The molecule has 0 amide bonds. The molecule has 0 aliphatic rings. The van der Waals surface area contributed by atoms with E-state index in [4.69, 9.17) is 9.84 Å². The highest BCUT2D eigenvalue weighted by Crippen LogP contribution is 2.18. The van der Waals surface area contributed by atoms with Crippen molar-refractivity contribution in [2.75, 3.05) is 23.7 Å². The molecular formula is C12H18N2O4S2. The third-order valence-corrected chi connectivity index (χ3v) is 4.17. The van der Waals surface area contributed by atoms with Gasteiger partial charge in [0.25, 0.3) is 0 Å². The molecule has 6 nitrogen and oxygen atoms in total. The van der Waals surface area contributed by atoms with Crippen molar-refractivity contribution in [1.82, 2.24) is 4.98 Å². The summed E-state index contributed by atoms with van der Waals surface area (Å²) in [6.45, 7) is 3.83. The van der Waals surface area contributed by atoms with Crippen molar-refractivity contribution in [1.29, 1.82) is 0 Å². The molecule has 8 heteroatoms. The summed E-state index contributed by atoms with van der Waals surface area (Å²) in [5.74, 6) is 5.43. The Morgan fingerprint density at radius 3 is 2.95 bits per heavy atom. The zero-order chi connectivity index (χ0) is 15.0. The molecule has 0 unspecified atom stereocenters. The van der Waals surface area contributed by atoms with Crippen LogP contribution in [0.2, 0.25) is 0 Å². The predicted octanol–water partition coefficient (Wildman–Crippen LogP) is 1.04. The van der Waals surface area contributed by atoms with Gasteiger partial charge in [-0.3, -0.25) is 4.72 Å². The van der Waals surface area contributed by atoms with Gasteiger partial charge in [0.1, 0.15) is 0 Å². The van der Waals surface area contributed by atoms with Crippen LogP contribution in [0.4, 0.5) is 5.13 Å². The molecule has 0 saturated heterocycles. The Bertz CT molecular complexity index is 570. The standard InChI is InChI=1S/C12H18N2O4S2/c1-10(2)18-7-8-20(16,17)14-12-13-9-11(19-12)5-3-4-6-15/h9-10,15H,4,6-8H2,1-2H3,(H,13,14). The Kier molecular flexibility index (Phi) is 6.95. The lowest BCUT2D eigenvalue weighted by molar-refractivity contribution is 0.0913. The van der Waals surface area contributed by atoms with Crippen LogP contribution in [0.15, 0.2) is 6.20 Å². The van der Waals surface area contributed by atoms with Gasteiger partial charge in [-0.2, -0.15) is 0 Å². The largest absolute Gasteiger partial charge is 0.395 e. The molecule has 0 radical (unpaired) electrons. The third-order valence-electron chi connectivity index (χ3n) is 2.00. The van der Waals surface area contributed by atoms with Crippen molar-refractivity contribution in [3.05, 3.63) is 11.1 Å². The van der Waals surface area contributed by atoms with E-state index in [0.29, 0.717) is 11.3 Å². The molecule has 0 fully saturated rings. The lowest BCUT2D eigenvalue weighted by Gasteiger charge is -2.08. The van der Waals surface area contributed by atoms with E-state index in [9.17, 15) is 8.42 Å². The number of nitrogens with zero attached hydrogens (tertiary/aromatic N) is 1. The van der Waals surface area contributed by atoms with Gasteiger partial charge in [0.15, 0.2) is 5.13 Å². The van der Waals surface area contributed by atoms with Gasteiger partial charge in [-0.15, -0.1) is 0 Å². The SMILES string of the molecule is CC(C)OCCS(=O)(=O)Nc1ncc(C#CCCO)s1. The average Bonchev–Trinajstić information content (AvgIpc) is 2.75. The molecule has 20 heavy (non-hydrogen) atoms. The number of aliphatic hydroxyl groups excluding tert-OH is 1. The average molecular weight is 318 g/mol. The fourth-order valence-electron chi connectivity index (χ4n) is 1.16. The molecule has 0 spiro atoms. The van der Waals surface area contributed by atoms with Crippen molar-refractivity contribution >= 4 is 26.5 Å². The quantitative estimate of drug-likeness (QED) is 0.734. The highest BCUT2D eigenvalue weighted by atomic mass is 32.2. The number of anilines is 1. The smallest absolute Gasteiger partial charge is 0.236 e. The summed E-state index contributed by atoms with van der Waals surface area (Å²) in [6, 6.07) is 0. The van der Waals surface area contributed by atoms with Gasteiger partial charge in [0.2, 0.25) is 10.0 Å². The summed E-state index contributed by atoms with van der Waals surface area (Å²) in [5, 5.41) is 8.89. The minimum absolute atomic E-state index is 0.00113. The molecule has 0 aliphatic heterocycles. The third kappa shape index (κ3) is 6.86. The molecule has 0 aliphatic carbocycles. The second-order valence-electron chi connectivity index (χ2n) is 4.15. The molecule has 1 rings (SSSR count). The molecule has 1 aromatic rings. The van der Waals surface area contributed by atoms with Crippen LogP contribution in [-0.4, -0.2) is 43.6 Å². The van der Waals surface area contributed by atoms with Gasteiger partial charge >= 0.3 is 0 Å².